The molecule has 0 radical (unpaired) electrons. The zero-order valence-corrected chi connectivity index (χ0v) is 19.7. The van der Waals surface area contributed by atoms with Gasteiger partial charge < -0.3 is 9.80 Å². The summed E-state index contributed by atoms with van der Waals surface area (Å²) in [4.78, 5) is 34.7. The van der Waals surface area contributed by atoms with E-state index in [4.69, 9.17) is 11.6 Å². The van der Waals surface area contributed by atoms with Crippen LogP contribution in [0.5, 0.6) is 0 Å². The molecule has 0 aromatic heterocycles. The molecule has 0 bridgehead atoms. The van der Waals surface area contributed by atoms with Gasteiger partial charge in [-0.05, 0) is 47.0 Å². The minimum atomic E-state index is -0.433. The first-order valence-corrected chi connectivity index (χ1v) is 12.0. The number of hydrogen-bond acceptors (Lipinski definition) is 5. The monoisotopic (exact) mass is 475 g/mol. The van der Waals surface area contributed by atoms with Crippen molar-refractivity contribution < 1.29 is 9.59 Å². The van der Waals surface area contributed by atoms with E-state index in [0.717, 1.165) is 41.5 Å². The molecule has 3 saturated heterocycles. The maximum absolute atomic E-state index is 13.8. The van der Waals surface area contributed by atoms with Crippen molar-refractivity contribution in [3.05, 3.63) is 77.3 Å². The predicted molar refractivity (Wildman–Crippen MR) is 132 cm³/mol. The van der Waals surface area contributed by atoms with Gasteiger partial charge in [0.1, 0.15) is 18.5 Å². The van der Waals surface area contributed by atoms with Gasteiger partial charge in [0.2, 0.25) is 0 Å². The highest BCUT2D eigenvalue weighted by atomic mass is 35.5. The van der Waals surface area contributed by atoms with Gasteiger partial charge in [-0.3, -0.25) is 19.9 Å². The summed E-state index contributed by atoms with van der Waals surface area (Å²) < 4.78 is 0. The van der Waals surface area contributed by atoms with Crippen molar-refractivity contribution in [2.75, 3.05) is 25.0 Å². The van der Waals surface area contributed by atoms with E-state index in [-0.39, 0.29) is 30.9 Å². The molecule has 3 aliphatic rings. The molecule has 7 nitrogen and oxygen atoms in total. The number of carbonyl (C=O) groups is 2. The molecule has 3 unspecified atom stereocenters. The van der Waals surface area contributed by atoms with E-state index in [1.165, 1.54) is 4.90 Å². The Bertz CT molecular complexity index is 1260. The number of nitrogens with one attached hydrogen (secondary N) is 1. The van der Waals surface area contributed by atoms with Crippen molar-refractivity contribution in [2.24, 2.45) is 0 Å². The van der Waals surface area contributed by atoms with Crippen molar-refractivity contribution in [2.45, 2.75) is 31.5 Å². The van der Waals surface area contributed by atoms with Gasteiger partial charge in [-0.25, -0.2) is 4.79 Å². The summed E-state index contributed by atoms with van der Waals surface area (Å²) in [5.74, 6) is -0.144. The van der Waals surface area contributed by atoms with Gasteiger partial charge in [0.15, 0.2) is 0 Å². The van der Waals surface area contributed by atoms with Crippen molar-refractivity contribution in [3.8, 4) is 0 Å². The smallest absolute Gasteiger partial charge is 0.328 e. The zero-order chi connectivity index (χ0) is 23.4. The summed E-state index contributed by atoms with van der Waals surface area (Å²) in [7, 11) is 1.78. The van der Waals surface area contributed by atoms with Crippen LogP contribution in [0.1, 0.15) is 12.0 Å². The van der Waals surface area contributed by atoms with Gasteiger partial charge in [0.25, 0.3) is 5.91 Å². The zero-order valence-electron chi connectivity index (χ0n) is 18.9. The number of benzene rings is 3. The van der Waals surface area contributed by atoms with Gasteiger partial charge in [-0.1, -0.05) is 54.1 Å². The molecule has 0 spiro atoms. The van der Waals surface area contributed by atoms with Crippen molar-refractivity contribution in [3.63, 3.8) is 0 Å². The molecule has 3 aromatic rings. The van der Waals surface area contributed by atoms with Crippen LogP contribution in [0.15, 0.2) is 66.7 Å². The first-order valence-electron chi connectivity index (χ1n) is 11.6. The molecule has 3 aromatic carbocycles. The average molecular weight is 476 g/mol. The fraction of sp³-hybridized carbons (Fsp3) is 0.308. The lowest BCUT2D eigenvalue weighted by Gasteiger charge is -2.44. The predicted octanol–water partition coefficient (Wildman–Crippen LogP) is 3.68. The number of rotatable bonds is 3. The molecule has 34 heavy (non-hydrogen) atoms. The fourth-order valence-electron chi connectivity index (χ4n) is 5.56. The lowest BCUT2D eigenvalue weighted by Crippen LogP contribution is -2.66. The summed E-state index contributed by atoms with van der Waals surface area (Å²) in [6.07, 6.45) is 0.390. The second kappa shape index (κ2) is 8.27. The number of anilines is 1. The minimum absolute atomic E-state index is 0.144. The molecule has 3 fully saturated rings. The molecule has 174 valence electrons. The molecule has 1 N–H and O–H groups in total. The summed E-state index contributed by atoms with van der Waals surface area (Å²) in [5.41, 5.74) is 2.01. The van der Waals surface area contributed by atoms with Crippen LogP contribution in [0, 0.1) is 0 Å². The van der Waals surface area contributed by atoms with Gasteiger partial charge >= 0.3 is 6.03 Å². The van der Waals surface area contributed by atoms with Crippen LogP contribution in [-0.4, -0.2) is 65.3 Å². The topological polar surface area (TPSA) is 59.1 Å². The van der Waals surface area contributed by atoms with Gasteiger partial charge in [-0.2, -0.15) is 0 Å². The molecule has 8 heteroatoms. The number of imide groups is 1. The highest BCUT2D eigenvalue weighted by Gasteiger charge is 2.56. The molecular weight excluding hydrogens is 450 g/mol. The Balaban J connectivity index is 1.31. The first-order chi connectivity index (χ1) is 16.5. The Morgan fingerprint density at radius 1 is 0.971 bits per heavy atom. The molecule has 6 rings (SSSR count). The summed E-state index contributed by atoms with van der Waals surface area (Å²) in [6, 6.07) is 21.1. The van der Waals surface area contributed by atoms with Crippen LogP contribution < -0.4 is 10.2 Å². The average Bonchev–Trinajstić information content (AvgIpc) is 3.26. The Labute approximate surface area is 203 Å². The Morgan fingerprint density at radius 2 is 1.74 bits per heavy atom. The minimum Gasteiger partial charge on any atom is -0.343 e. The van der Waals surface area contributed by atoms with E-state index in [1.807, 2.05) is 66.7 Å². The molecule has 0 saturated carbocycles. The van der Waals surface area contributed by atoms with Crippen molar-refractivity contribution >= 4 is 40.0 Å². The first kappa shape index (κ1) is 21.4. The van der Waals surface area contributed by atoms with Crippen LogP contribution in [0.3, 0.4) is 0 Å². The van der Waals surface area contributed by atoms with E-state index >= 15 is 0 Å². The SMILES string of the molecule is CN1C(=O)N(Cc2cccc3ccccc23)C(=O)C2C1NC1N(c3ccc(Cl)cc3)CCCN21. The van der Waals surface area contributed by atoms with Gasteiger partial charge in [0, 0.05) is 30.8 Å². The maximum atomic E-state index is 13.8. The number of halogens is 1. The second-order valence-corrected chi connectivity index (χ2v) is 9.58. The quantitative estimate of drug-likeness (QED) is 0.626. The van der Waals surface area contributed by atoms with E-state index in [1.54, 1.807) is 11.9 Å². The fourth-order valence-corrected chi connectivity index (χ4v) is 5.69. The van der Waals surface area contributed by atoms with Crippen LogP contribution in [0.25, 0.3) is 10.8 Å². The Morgan fingerprint density at radius 3 is 2.56 bits per heavy atom. The van der Waals surface area contributed by atoms with E-state index in [2.05, 4.69) is 15.1 Å². The third-order valence-electron chi connectivity index (χ3n) is 7.24. The van der Waals surface area contributed by atoms with E-state index < -0.39 is 6.04 Å². The van der Waals surface area contributed by atoms with Crippen LogP contribution >= 0.6 is 11.6 Å². The number of urea groups is 1. The van der Waals surface area contributed by atoms with Crippen molar-refractivity contribution in [1.82, 2.24) is 20.0 Å². The lowest BCUT2D eigenvalue weighted by molar-refractivity contribution is -0.139. The van der Waals surface area contributed by atoms with Crippen LogP contribution in [0.4, 0.5) is 10.5 Å². The lowest BCUT2D eigenvalue weighted by atomic mass is 10.0. The summed E-state index contributed by atoms with van der Waals surface area (Å²) >= 11 is 6.10. The normalized spacial score (nSPS) is 25.1. The van der Waals surface area contributed by atoms with Crippen molar-refractivity contribution in [1.29, 1.82) is 0 Å². The largest absolute Gasteiger partial charge is 0.343 e. The Kier molecular flexibility index (Phi) is 5.21. The standard InChI is InChI=1S/C26H26ClN5O2/c1-29-23-22(31-15-5-14-30(25(31)28-23)20-12-10-19(27)11-13-20)24(33)32(26(29)34)16-18-8-4-7-17-6-2-3-9-21(17)18/h2-4,6-13,22-23,25,28H,5,14-16H2,1H3. The van der Waals surface area contributed by atoms with Gasteiger partial charge in [-0.15, -0.1) is 0 Å². The number of hydrogen-bond donors (Lipinski definition) is 1. The number of likely N-dealkylation sites (N-methyl/N-ethyl adjacent to an activating group) is 1. The third-order valence-corrected chi connectivity index (χ3v) is 7.49. The number of amides is 3. The molecule has 0 aliphatic carbocycles. The highest BCUT2D eigenvalue weighted by molar-refractivity contribution is 6.30. The van der Waals surface area contributed by atoms with E-state index in [9.17, 15) is 9.59 Å². The number of carbonyl (C=O) groups excluding carboxylic acids is 2. The highest BCUT2D eigenvalue weighted by Crippen LogP contribution is 2.34. The van der Waals surface area contributed by atoms with Crippen LogP contribution in [-0.2, 0) is 11.3 Å². The molecule has 3 amide bonds. The summed E-state index contributed by atoms with van der Waals surface area (Å²) in [5, 5.41) is 6.41. The second-order valence-electron chi connectivity index (χ2n) is 9.15. The molecule has 3 atom stereocenters. The molecule has 3 heterocycles. The molecular formula is C26H26ClN5O2. The summed E-state index contributed by atoms with van der Waals surface area (Å²) in [6.45, 7) is 1.91. The molecule has 3 aliphatic heterocycles. The Hall–Kier alpha value is -3.13. The number of nitrogens with zero attached hydrogens (tertiary/aromatic N) is 4. The maximum Gasteiger partial charge on any atom is 0.328 e. The third kappa shape index (κ3) is 3.35. The number of fused-ring (bicyclic) bond motifs is 4. The van der Waals surface area contributed by atoms with Crippen LogP contribution in [0.2, 0.25) is 5.02 Å². The van der Waals surface area contributed by atoms with Gasteiger partial charge in [0.05, 0.1) is 6.54 Å². The van der Waals surface area contributed by atoms with E-state index in [0.29, 0.717) is 5.02 Å².